The molecule has 1 aliphatic heterocycles. The Balaban J connectivity index is 2.11. The Morgan fingerprint density at radius 3 is 2.76 bits per heavy atom. The second kappa shape index (κ2) is 4.67. The molecule has 0 spiro atoms. The highest BCUT2D eigenvalue weighted by atomic mass is 32.1. The van der Waals surface area contributed by atoms with Gasteiger partial charge in [-0.25, -0.2) is 4.98 Å². The number of hydrogen-bond acceptors (Lipinski definition) is 4. The van der Waals surface area contributed by atoms with Crippen LogP contribution < -0.4 is 5.32 Å². The number of nitrogens with zero attached hydrogens (tertiary/aromatic N) is 1. The zero-order chi connectivity index (χ0) is 12.5. The molecule has 1 fully saturated rings. The topological polar surface area (TPSA) is 45.1 Å². The van der Waals surface area contributed by atoms with Gasteiger partial charge in [0.25, 0.3) is 0 Å². The number of aliphatic hydroxyl groups excluding tert-OH is 1. The van der Waals surface area contributed by atoms with Crippen molar-refractivity contribution < 1.29 is 5.11 Å². The van der Waals surface area contributed by atoms with Crippen molar-refractivity contribution in [3.8, 4) is 0 Å². The number of rotatable bonds is 3. The van der Waals surface area contributed by atoms with E-state index in [2.05, 4.69) is 31.5 Å². The van der Waals surface area contributed by atoms with E-state index in [1.54, 1.807) is 11.3 Å². The largest absolute Gasteiger partial charge is 0.396 e. The predicted octanol–water partition coefficient (Wildman–Crippen LogP) is 1.96. The molecule has 2 N–H and O–H groups in total. The minimum absolute atomic E-state index is 0.0208. The molecule has 2 rings (SSSR count). The van der Waals surface area contributed by atoms with Crippen LogP contribution in [0.1, 0.15) is 37.9 Å². The van der Waals surface area contributed by atoms with E-state index in [-0.39, 0.29) is 17.4 Å². The highest BCUT2D eigenvalue weighted by molar-refractivity contribution is 7.09. The maximum atomic E-state index is 9.58. The Bertz CT molecular complexity index is 375. The van der Waals surface area contributed by atoms with Gasteiger partial charge < -0.3 is 10.4 Å². The molecule has 0 amide bonds. The fourth-order valence-corrected chi connectivity index (χ4v) is 3.39. The third kappa shape index (κ3) is 2.87. The molecule has 1 unspecified atom stereocenters. The summed E-state index contributed by atoms with van der Waals surface area (Å²) in [7, 11) is 0. The third-order valence-corrected chi connectivity index (χ3v) is 4.36. The lowest BCUT2D eigenvalue weighted by atomic mass is 9.85. The number of hydrogen-bond donors (Lipinski definition) is 2. The molecule has 4 heteroatoms. The van der Waals surface area contributed by atoms with Crippen LogP contribution in [-0.4, -0.2) is 29.8 Å². The van der Waals surface area contributed by atoms with E-state index in [1.807, 2.05) is 0 Å². The van der Waals surface area contributed by atoms with Crippen molar-refractivity contribution in [1.82, 2.24) is 10.3 Å². The average Bonchev–Trinajstić information content (AvgIpc) is 2.87. The molecule has 0 saturated carbocycles. The molecule has 1 atom stereocenters. The van der Waals surface area contributed by atoms with E-state index >= 15 is 0 Å². The van der Waals surface area contributed by atoms with Crippen LogP contribution in [0.5, 0.6) is 0 Å². The Kier molecular flexibility index (Phi) is 3.57. The van der Waals surface area contributed by atoms with Gasteiger partial charge in [0.05, 0.1) is 17.3 Å². The van der Waals surface area contributed by atoms with Crippen LogP contribution in [0.2, 0.25) is 0 Å². The Morgan fingerprint density at radius 1 is 1.53 bits per heavy atom. The first kappa shape index (κ1) is 13.0. The van der Waals surface area contributed by atoms with Crippen LogP contribution in [0.25, 0.3) is 0 Å². The van der Waals surface area contributed by atoms with Crippen LogP contribution in [0.4, 0.5) is 0 Å². The summed E-state index contributed by atoms with van der Waals surface area (Å²) in [5.41, 5.74) is 1.30. The Morgan fingerprint density at radius 2 is 2.29 bits per heavy atom. The quantitative estimate of drug-likeness (QED) is 0.866. The molecule has 17 heavy (non-hydrogen) atoms. The Labute approximate surface area is 107 Å². The molecular weight excluding hydrogens is 232 g/mol. The van der Waals surface area contributed by atoms with Crippen molar-refractivity contribution >= 4 is 11.3 Å². The first-order chi connectivity index (χ1) is 7.95. The molecule has 1 aromatic heterocycles. The van der Waals surface area contributed by atoms with Gasteiger partial charge in [-0.1, -0.05) is 20.8 Å². The normalized spacial score (nSPS) is 25.4. The number of nitrogens with one attached hydrogen (secondary N) is 1. The van der Waals surface area contributed by atoms with Gasteiger partial charge >= 0.3 is 0 Å². The van der Waals surface area contributed by atoms with Crippen LogP contribution in [-0.2, 0) is 11.8 Å². The van der Waals surface area contributed by atoms with Crippen molar-refractivity contribution in [3.63, 3.8) is 0 Å². The summed E-state index contributed by atoms with van der Waals surface area (Å²) in [6, 6.07) is 0. The van der Waals surface area contributed by atoms with Crippen molar-refractivity contribution in [2.75, 3.05) is 19.7 Å². The SMILES string of the molecule is CC(C)(C)c1csc(CC2(CO)CCNC2)n1. The first-order valence-electron chi connectivity index (χ1n) is 6.22. The van der Waals surface area contributed by atoms with E-state index in [9.17, 15) is 5.11 Å². The van der Waals surface area contributed by atoms with Crippen molar-refractivity contribution in [2.45, 2.75) is 39.0 Å². The van der Waals surface area contributed by atoms with Gasteiger partial charge in [0.15, 0.2) is 0 Å². The molecule has 0 bridgehead atoms. The summed E-state index contributed by atoms with van der Waals surface area (Å²) in [6.07, 6.45) is 1.95. The molecule has 0 radical (unpaired) electrons. The van der Waals surface area contributed by atoms with Gasteiger partial charge in [0.2, 0.25) is 0 Å². The van der Waals surface area contributed by atoms with Gasteiger partial charge in [-0.3, -0.25) is 0 Å². The van der Waals surface area contributed by atoms with Gasteiger partial charge in [0.1, 0.15) is 0 Å². The predicted molar refractivity (Wildman–Crippen MR) is 71.5 cm³/mol. The summed E-state index contributed by atoms with van der Waals surface area (Å²) < 4.78 is 0. The van der Waals surface area contributed by atoms with Crippen molar-refractivity contribution in [1.29, 1.82) is 0 Å². The Hall–Kier alpha value is -0.450. The van der Waals surface area contributed by atoms with Gasteiger partial charge in [-0.05, 0) is 13.0 Å². The maximum Gasteiger partial charge on any atom is 0.0935 e. The summed E-state index contributed by atoms with van der Waals surface area (Å²) in [5.74, 6) is 0. The smallest absolute Gasteiger partial charge is 0.0935 e. The molecule has 1 aromatic rings. The number of aliphatic hydroxyl groups is 1. The van der Waals surface area contributed by atoms with Crippen molar-refractivity contribution in [2.24, 2.45) is 5.41 Å². The standard InChI is InChI=1S/C13H22N2OS/c1-12(2,3)10-7-17-11(15-10)6-13(9-16)4-5-14-8-13/h7,14,16H,4-6,8-9H2,1-3H3. The fraction of sp³-hybridized carbons (Fsp3) is 0.769. The van der Waals surface area contributed by atoms with E-state index in [0.717, 1.165) is 36.6 Å². The lowest BCUT2D eigenvalue weighted by molar-refractivity contribution is 0.142. The maximum absolute atomic E-state index is 9.58. The van der Waals surface area contributed by atoms with Crippen LogP contribution in [0, 0.1) is 5.41 Å². The van der Waals surface area contributed by atoms with E-state index in [4.69, 9.17) is 4.98 Å². The molecular formula is C13H22N2OS. The first-order valence-corrected chi connectivity index (χ1v) is 7.10. The zero-order valence-electron chi connectivity index (χ0n) is 10.9. The van der Waals surface area contributed by atoms with Gasteiger partial charge in [-0.15, -0.1) is 11.3 Å². The molecule has 1 saturated heterocycles. The lowest BCUT2D eigenvalue weighted by Crippen LogP contribution is -2.30. The van der Waals surface area contributed by atoms with E-state index in [1.165, 1.54) is 0 Å². The minimum Gasteiger partial charge on any atom is -0.396 e. The lowest BCUT2D eigenvalue weighted by Gasteiger charge is -2.24. The zero-order valence-corrected chi connectivity index (χ0v) is 11.7. The van der Waals surface area contributed by atoms with E-state index in [0.29, 0.717) is 0 Å². The van der Waals surface area contributed by atoms with E-state index < -0.39 is 0 Å². The van der Waals surface area contributed by atoms with Crippen LogP contribution in [0.15, 0.2) is 5.38 Å². The summed E-state index contributed by atoms with van der Waals surface area (Å²) in [5, 5.41) is 16.2. The fourth-order valence-electron chi connectivity index (χ4n) is 2.19. The summed E-state index contributed by atoms with van der Waals surface area (Å²) in [6.45, 7) is 8.73. The molecule has 96 valence electrons. The minimum atomic E-state index is 0.0208. The number of thiazole rings is 1. The molecule has 0 aromatic carbocycles. The molecule has 3 nitrogen and oxygen atoms in total. The highest BCUT2D eigenvalue weighted by Gasteiger charge is 2.34. The number of aromatic nitrogens is 1. The van der Waals surface area contributed by atoms with Crippen molar-refractivity contribution in [3.05, 3.63) is 16.1 Å². The second-order valence-electron chi connectivity index (χ2n) is 6.14. The van der Waals surface area contributed by atoms with Crippen LogP contribution in [0.3, 0.4) is 0 Å². The van der Waals surface area contributed by atoms with Gasteiger partial charge in [-0.2, -0.15) is 0 Å². The van der Waals surface area contributed by atoms with Crippen LogP contribution >= 0.6 is 11.3 Å². The summed E-state index contributed by atoms with van der Waals surface area (Å²) in [4.78, 5) is 4.72. The van der Waals surface area contributed by atoms with Gasteiger partial charge in [0, 0.05) is 29.2 Å². The third-order valence-electron chi connectivity index (χ3n) is 3.51. The monoisotopic (exact) mass is 254 g/mol. The summed E-state index contributed by atoms with van der Waals surface area (Å²) >= 11 is 1.73. The molecule has 2 heterocycles. The highest BCUT2D eigenvalue weighted by Crippen LogP contribution is 2.32. The average molecular weight is 254 g/mol. The molecule has 0 aliphatic carbocycles. The second-order valence-corrected chi connectivity index (χ2v) is 7.08. The molecule has 1 aliphatic rings.